The quantitative estimate of drug-likeness (QED) is 0.899. The number of ether oxygens (including phenoxy) is 1. The molecule has 0 radical (unpaired) electrons. The van der Waals surface area contributed by atoms with Gasteiger partial charge in [-0.3, -0.25) is 4.79 Å². The topological polar surface area (TPSA) is 49.8 Å². The van der Waals surface area contributed by atoms with Crippen molar-refractivity contribution in [3.63, 3.8) is 0 Å². The molecule has 1 amide bonds. The van der Waals surface area contributed by atoms with E-state index >= 15 is 0 Å². The maximum atomic E-state index is 12.1. The van der Waals surface area contributed by atoms with Gasteiger partial charge in [-0.05, 0) is 43.9 Å². The van der Waals surface area contributed by atoms with Gasteiger partial charge in [0, 0.05) is 19.2 Å². The molecule has 0 bridgehead atoms. The smallest absolute Gasteiger partial charge is 0.253 e. The Balaban J connectivity index is 2.01. The van der Waals surface area contributed by atoms with E-state index in [1.807, 2.05) is 12.1 Å². The van der Waals surface area contributed by atoms with Crippen LogP contribution in [-0.4, -0.2) is 42.2 Å². The summed E-state index contributed by atoms with van der Waals surface area (Å²) in [6.07, 6.45) is 6.23. The van der Waals surface area contributed by atoms with E-state index in [1.54, 1.807) is 19.2 Å². The van der Waals surface area contributed by atoms with Gasteiger partial charge < -0.3 is 14.7 Å². The third-order valence-electron chi connectivity index (χ3n) is 3.72. The summed E-state index contributed by atoms with van der Waals surface area (Å²) < 4.78 is 5.97. The summed E-state index contributed by atoms with van der Waals surface area (Å²) in [7, 11) is 1.69. The van der Waals surface area contributed by atoms with Crippen LogP contribution >= 0.6 is 0 Å². The van der Waals surface area contributed by atoms with Crippen LogP contribution < -0.4 is 4.74 Å². The van der Waals surface area contributed by atoms with Gasteiger partial charge in [-0.2, -0.15) is 0 Å². The first kappa shape index (κ1) is 14.9. The molecule has 1 N–H and O–H groups in total. The minimum Gasteiger partial charge on any atom is -0.490 e. The number of likely N-dealkylation sites (N-methyl/N-ethyl adjacent to an activating group) is 1. The molecule has 2 rings (SSSR count). The summed E-state index contributed by atoms with van der Waals surface area (Å²) in [6, 6.07) is 7.32. The summed E-state index contributed by atoms with van der Waals surface area (Å²) in [5, 5.41) is 8.88. The molecule has 1 aromatic carbocycles. The van der Waals surface area contributed by atoms with E-state index in [2.05, 4.69) is 0 Å². The van der Waals surface area contributed by atoms with Crippen LogP contribution in [0.1, 0.15) is 42.5 Å². The van der Waals surface area contributed by atoms with E-state index in [-0.39, 0.29) is 18.6 Å². The zero-order valence-corrected chi connectivity index (χ0v) is 12.0. The first-order chi connectivity index (χ1) is 9.70. The highest BCUT2D eigenvalue weighted by atomic mass is 16.5. The van der Waals surface area contributed by atoms with E-state index in [0.29, 0.717) is 12.1 Å². The SMILES string of the molecule is CN(CCO)C(=O)c1cccc(OC2CCCCC2)c1. The molecular formula is C16H23NO3. The van der Waals surface area contributed by atoms with Crippen LogP contribution in [-0.2, 0) is 0 Å². The lowest BCUT2D eigenvalue weighted by Crippen LogP contribution is -2.29. The molecule has 0 spiro atoms. The zero-order valence-electron chi connectivity index (χ0n) is 12.0. The van der Waals surface area contributed by atoms with Crippen molar-refractivity contribution in [2.24, 2.45) is 0 Å². The molecule has 4 nitrogen and oxygen atoms in total. The van der Waals surface area contributed by atoms with Gasteiger partial charge in [0.15, 0.2) is 0 Å². The predicted octanol–water partition coefficient (Wildman–Crippen LogP) is 2.46. The second kappa shape index (κ2) is 7.29. The number of hydrogen-bond acceptors (Lipinski definition) is 3. The Labute approximate surface area is 120 Å². The molecule has 0 aliphatic heterocycles. The van der Waals surface area contributed by atoms with Crippen molar-refractivity contribution in [3.05, 3.63) is 29.8 Å². The number of benzene rings is 1. The molecule has 4 heteroatoms. The summed E-state index contributed by atoms with van der Waals surface area (Å²) >= 11 is 0. The van der Waals surface area contributed by atoms with Gasteiger partial charge in [0.1, 0.15) is 5.75 Å². The molecule has 1 aliphatic rings. The number of carbonyl (C=O) groups is 1. The molecule has 0 atom stereocenters. The normalized spacial score (nSPS) is 15.9. The number of carbonyl (C=O) groups excluding carboxylic acids is 1. The molecule has 1 aliphatic carbocycles. The maximum Gasteiger partial charge on any atom is 0.253 e. The third-order valence-corrected chi connectivity index (χ3v) is 3.72. The first-order valence-electron chi connectivity index (χ1n) is 7.34. The van der Waals surface area contributed by atoms with Crippen LogP contribution in [0.3, 0.4) is 0 Å². The molecule has 110 valence electrons. The van der Waals surface area contributed by atoms with Crippen molar-refractivity contribution >= 4 is 5.91 Å². The average Bonchev–Trinajstić information content (AvgIpc) is 2.48. The Morgan fingerprint density at radius 2 is 2.10 bits per heavy atom. The van der Waals surface area contributed by atoms with Crippen molar-refractivity contribution in [1.82, 2.24) is 4.90 Å². The molecule has 0 aromatic heterocycles. The fourth-order valence-corrected chi connectivity index (χ4v) is 2.55. The Kier molecular flexibility index (Phi) is 5.41. The Morgan fingerprint density at radius 1 is 1.35 bits per heavy atom. The number of amides is 1. The van der Waals surface area contributed by atoms with Crippen molar-refractivity contribution < 1.29 is 14.6 Å². The molecule has 1 saturated carbocycles. The molecular weight excluding hydrogens is 254 g/mol. The summed E-state index contributed by atoms with van der Waals surface area (Å²) in [5.74, 6) is 0.674. The molecule has 1 aromatic rings. The lowest BCUT2D eigenvalue weighted by Gasteiger charge is -2.23. The number of rotatable bonds is 5. The van der Waals surface area contributed by atoms with Gasteiger partial charge in [-0.1, -0.05) is 12.5 Å². The van der Waals surface area contributed by atoms with Crippen molar-refractivity contribution in [1.29, 1.82) is 0 Å². The van der Waals surface area contributed by atoms with Crippen LogP contribution in [0.25, 0.3) is 0 Å². The van der Waals surface area contributed by atoms with Crippen molar-refractivity contribution in [2.45, 2.75) is 38.2 Å². The summed E-state index contributed by atoms with van der Waals surface area (Å²) in [5.41, 5.74) is 0.606. The molecule has 0 unspecified atom stereocenters. The Bertz CT molecular complexity index is 441. The van der Waals surface area contributed by atoms with Crippen LogP contribution in [0, 0.1) is 0 Å². The zero-order chi connectivity index (χ0) is 14.4. The van der Waals surface area contributed by atoms with Gasteiger partial charge in [0.05, 0.1) is 12.7 Å². The molecule has 1 fully saturated rings. The van der Waals surface area contributed by atoms with E-state index in [4.69, 9.17) is 9.84 Å². The van der Waals surface area contributed by atoms with Crippen LogP contribution in [0.15, 0.2) is 24.3 Å². The highest BCUT2D eigenvalue weighted by Crippen LogP contribution is 2.24. The second-order valence-electron chi connectivity index (χ2n) is 5.36. The van der Waals surface area contributed by atoms with Gasteiger partial charge in [-0.25, -0.2) is 0 Å². The van der Waals surface area contributed by atoms with E-state index in [1.165, 1.54) is 24.2 Å². The van der Waals surface area contributed by atoms with E-state index in [0.717, 1.165) is 18.6 Å². The van der Waals surface area contributed by atoms with E-state index in [9.17, 15) is 4.79 Å². The molecule has 0 saturated heterocycles. The Morgan fingerprint density at radius 3 is 2.80 bits per heavy atom. The molecule has 20 heavy (non-hydrogen) atoms. The maximum absolute atomic E-state index is 12.1. The lowest BCUT2D eigenvalue weighted by molar-refractivity contribution is 0.0766. The fourth-order valence-electron chi connectivity index (χ4n) is 2.55. The summed E-state index contributed by atoms with van der Waals surface area (Å²) in [6.45, 7) is 0.313. The highest BCUT2D eigenvalue weighted by Gasteiger charge is 2.16. The average molecular weight is 277 g/mol. The number of aliphatic hydroxyl groups is 1. The number of hydrogen-bond donors (Lipinski definition) is 1. The van der Waals surface area contributed by atoms with Gasteiger partial charge in [-0.15, -0.1) is 0 Å². The first-order valence-corrected chi connectivity index (χ1v) is 7.34. The fraction of sp³-hybridized carbons (Fsp3) is 0.562. The van der Waals surface area contributed by atoms with Crippen molar-refractivity contribution in [3.8, 4) is 5.75 Å². The van der Waals surface area contributed by atoms with Crippen LogP contribution in [0.4, 0.5) is 0 Å². The Hall–Kier alpha value is -1.55. The third kappa shape index (κ3) is 3.97. The number of aliphatic hydroxyl groups excluding tert-OH is 1. The minimum absolute atomic E-state index is 0.0273. The number of nitrogens with zero attached hydrogens (tertiary/aromatic N) is 1. The van der Waals surface area contributed by atoms with Gasteiger partial charge in [0.2, 0.25) is 0 Å². The minimum atomic E-state index is -0.0897. The molecule has 0 heterocycles. The van der Waals surface area contributed by atoms with Gasteiger partial charge in [0.25, 0.3) is 5.91 Å². The second-order valence-corrected chi connectivity index (χ2v) is 5.36. The van der Waals surface area contributed by atoms with Gasteiger partial charge >= 0.3 is 0 Å². The largest absolute Gasteiger partial charge is 0.490 e. The standard InChI is InChI=1S/C16H23NO3/c1-17(10-11-18)16(19)13-6-5-9-15(12-13)20-14-7-3-2-4-8-14/h5-6,9,12,14,18H,2-4,7-8,10-11H2,1H3. The van der Waals surface area contributed by atoms with Crippen molar-refractivity contribution in [2.75, 3.05) is 20.2 Å². The van der Waals surface area contributed by atoms with Crippen LogP contribution in [0.2, 0.25) is 0 Å². The summed E-state index contributed by atoms with van der Waals surface area (Å²) in [4.78, 5) is 13.7. The predicted molar refractivity (Wildman–Crippen MR) is 78.0 cm³/mol. The van der Waals surface area contributed by atoms with Crippen LogP contribution in [0.5, 0.6) is 5.75 Å². The monoisotopic (exact) mass is 277 g/mol. The highest BCUT2D eigenvalue weighted by molar-refractivity contribution is 5.94. The van der Waals surface area contributed by atoms with E-state index < -0.39 is 0 Å². The lowest BCUT2D eigenvalue weighted by atomic mass is 9.98.